The second-order valence-corrected chi connectivity index (χ2v) is 5.03. The zero-order chi connectivity index (χ0) is 14.5. The minimum absolute atomic E-state index is 0.629. The van der Waals surface area contributed by atoms with Gasteiger partial charge in [0.1, 0.15) is 26.9 Å². The highest BCUT2D eigenvalue weighted by Crippen LogP contribution is 2.19. The van der Waals surface area contributed by atoms with Gasteiger partial charge in [0, 0.05) is 13.2 Å². The van der Waals surface area contributed by atoms with Gasteiger partial charge in [0.15, 0.2) is 0 Å². The number of pyridine rings is 1. The standard InChI is InChI=1S/C15H11N5S/c1-16-13-10-18-11(9-19-13)5-2-3-7-14-20-12-6-4-8-17-15(12)21-14/h3-4,6-10H,1H3,(H,16,19). The number of thiazole rings is 1. The average Bonchev–Trinajstić information content (AvgIpc) is 2.95. The van der Waals surface area contributed by atoms with E-state index in [0.717, 1.165) is 21.2 Å². The topological polar surface area (TPSA) is 63.6 Å². The van der Waals surface area contributed by atoms with Crippen molar-refractivity contribution in [3.63, 3.8) is 0 Å². The molecule has 0 aliphatic carbocycles. The third kappa shape index (κ3) is 3.22. The van der Waals surface area contributed by atoms with E-state index in [1.807, 2.05) is 18.2 Å². The Kier molecular flexibility index (Phi) is 3.85. The Labute approximate surface area is 125 Å². The highest BCUT2D eigenvalue weighted by atomic mass is 32.1. The molecule has 0 saturated carbocycles. The Morgan fingerprint density at radius 2 is 2.19 bits per heavy atom. The fourth-order valence-corrected chi connectivity index (χ4v) is 2.42. The van der Waals surface area contributed by atoms with Gasteiger partial charge in [0.25, 0.3) is 0 Å². The Balaban J connectivity index is 1.73. The lowest BCUT2D eigenvalue weighted by molar-refractivity contribution is 1.16. The van der Waals surface area contributed by atoms with Crippen molar-refractivity contribution in [2.75, 3.05) is 12.4 Å². The van der Waals surface area contributed by atoms with Crippen LogP contribution in [0.5, 0.6) is 0 Å². The molecule has 0 aromatic carbocycles. The molecule has 3 rings (SSSR count). The molecule has 0 saturated heterocycles. The van der Waals surface area contributed by atoms with Crippen molar-refractivity contribution in [1.82, 2.24) is 19.9 Å². The first kappa shape index (κ1) is 13.2. The minimum atomic E-state index is 0.629. The normalized spacial score (nSPS) is 10.5. The van der Waals surface area contributed by atoms with Crippen molar-refractivity contribution < 1.29 is 0 Å². The van der Waals surface area contributed by atoms with Gasteiger partial charge in [-0.3, -0.25) is 0 Å². The molecule has 3 aromatic heterocycles. The van der Waals surface area contributed by atoms with Crippen LogP contribution in [0.25, 0.3) is 16.4 Å². The number of nitrogens with zero attached hydrogens (tertiary/aromatic N) is 4. The molecule has 0 bridgehead atoms. The Morgan fingerprint density at radius 3 is 2.95 bits per heavy atom. The number of hydrogen-bond donors (Lipinski definition) is 1. The number of aromatic nitrogens is 4. The molecule has 1 N–H and O–H groups in total. The second kappa shape index (κ2) is 6.11. The average molecular weight is 293 g/mol. The summed E-state index contributed by atoms with van der Waals surface area (Å²) in [7, 11) is 1.80. The number of allylic oxidation sites excluding steroid dienone is 1. The van der Waals surface area contributed by atoms with E-state index in [0.29, 0.717) is 5.69 Å². The van der Waals surface area contributed by atoms with Crippen molar-refractivity contribution in [2.24, 2.45) is 0 Å². The SMILES string of the molecule is CNc1cnc(C#CC=Cc2nc3cccnc3s2)cn1. The molecule has 0 aliphatic heterocycles. The molecule has 5 nitrogen and oxygen atoms in total. The molecule has 0 amide bonds. The quantitative estimate of drug-likeness (QED) is 0.736. The molecule has 102 valence electrons. The molecule has 0 atom stereocenters. The molecular weight excluding hydrogens is 282 g/mol. The number of hydrogen-bond acceptors (Lipinski definition) is 6. The van der Waals surface area contributed by atoms with Crippen LogP contribution in [0.4, 0.5) is 5.82 Å². The van der Waals surface area contributed by atoms with E-state index in [1.165, 1.54) is 11.3 Å². The van der Waals surface area contributed by atoms with Gasteiger partial charge in [0.05, 0.1) is 12.4 Å². The predicted molar refractivity (Wildman–Crippen MR) is 84.9 cm³/mol. The predicted octanol–water partition coefficient (Wildman–Crippen LogP) is 2.59. The van der Waals surface area contributed by atoms with Crippen LogP contribution >= 0.6 is 11.3 Å². The molecule has 21 heavy (non-hydrogen) atoms. The van der Waals surface area contributed by atoms with Gasteiger partial charge in [0.2, 0.25) is 0 Å². The summed E-state index contributed by atoms with van der Waals surface area (Å²) in [5.41, 5.74) is 1.54. The lowest BCUT2D eigenvalue weighted by atomic mass is 10.4. The van der Waals surface area contributed by atoms with Gasteiger partial charge in [-0.2, -0.15) is 0 Å². The lowest BCUT2D eigenvalue weighted by Gasteiger charge is -1.95. The van der Waals surface area contributed by atoms with Crippen molar-refractivity contribution in [2.45, 2.75) is 0 Å². The zero-order valence-electron chi connectivity index (χ0n) is 11.2. The van der Waals surface area contributed by atoms with Crippen LogP contribution in [0.1, 0.15) is 10.7 Å². The van der Waals surface area contributed by atoms with Crippen LogP contribution in [0.2, 0.25) is 0 Å². The Morgan fingerprint density at radius 1 is 1.24 bits per heavy atom. The summed E-state index contributed by atoms with van der Waals surface area (Å²) in [5, 5.41) is 3.79. The summed E-state index contributed by atoms with van der Waals surface area (Å²) in [4.78, 5) is 17.9. The van der Waals surface area contributed by atoms with Crippen LogP contribution in [-0.4, -0.2) is 27.0 Å². The van der Waals surface area contributed by atoms with E-state index in [9.17, 15) is 0 Å². The maximum atomic E-state index is 4.45. The Bertz CT molecular complexity index is 807. The molecule has 3 heterocycles. The summed E-state index contributed by atoms with van der Waals surface area (Å²) >= 11 is 1.54. The minimum Gasteiger partial charge on any atom is -0.372 e. The highest BCUT2D eigenvalue weighted by Gasteiger charge is 1.99. The van der Waals surface area contributed by atoms with Crippen LogP contribution in [0.15, 0.2) is 36.8 Å². The molecule has 3 aromatic rings. The third-order valence-corrected chi connectivity index (χ3v) is 3.54. The van der Waals surface area contributed by atoms with E-state index in [1.54, 1.807) is 31.7 Å². The zero-order valence-corrected chi connectivity index (χ0v) is 12.1. The van der Waals surface area contributed by atoms with Gasteiger partial charge in [-0.25, -0.2) is 19.9 Å². The van der Waals surface area contributed by atoms with E-state index >= 15 is 0 Å². The van der Waals surface area contributed by atoms with Gasteiger partial charge in [-0.05, 0) is 30.2 Å². The van der Waals surface area contributed by atoms with Crippen molar-refractivity contribution >= 4 is 33.6 Å². The van der Waals surface area contributed by atoms with Crippen LogP contribution < -0.4 is 5.32 Å². The molecule has 0 aliphatic rings. The molecule has 0 radical (unpaired) electrons. The van der Waals surface area contributed by atoms with E-state index < -0.39 is 0 Å². The highest BCUT2D eigenvalue weighted by molar-refractivity contribution is 7.18. The lowest BCUT2D eigenvalue weighted by Crippen LogP contribution is -1.93. The monoisotopic (exact) mass is 293 g/mol. The van der Waals surface area contributed by atoms with Crippen molar-refractivity contribution in [3.8, 4) is 11.8 Å². The van der Waals surface area contributed by atoms with E-state index in [-0.39, 0.29) is 0 Å². The summed E-state index contributed by atoms with van der Waals surface area (Å²) in [6.07, 6.45) is 8.67. The number of anilines is 1. The van der Waals surface area contributed by atoms with Gasteiger partial charge in [-0.15, -0.1) is 0 Å². The summed E-state index contributed by atoms with van der Waals surface area (Å²) in [6.45, 7) is 0. The second-order valence-electron chi connectivity index (χ2n) is 4.02. The first-order valence-electron chi connectivity index (χ1n) is 6.24. The maximum absolute atomic E-state index is 4.45. The first-order chi connectivity index (χ1) is 10.3. The smallest absolute Gasteiger partial charge is 0.144 e. The first-order valence-corrected chi connectivity index (χ1v) is 7.06. The molecule has 6 heteroatoms. The van der Waals surface area contributed by atoms with Crippen LogP contribution in [-0.2, 0) is 0 Å². The van der Waals surface area contributed by atoms with Gasteiger partial charge in [-0.1, -0.05) is 17.3 Å². The molecular formula is C15H11N5S. The molecule has 0 unspecified atom stereocenters. The maximum Gasteiger partial charge on any atom is 0.144 e. The molecule has 0 spiro atoms. The number of nitrogens with one attached hydrogen (secondary N) is 1. The number of fused-ring (bicyclic) bond motifs is 1. The molecule has 0 fully saturated rings. The van der Waals surface area contributed by atoms with Crippen molar-refractivity contribution in [3.05, 3.63) is 47.5 Å². The van der Waals surface area contributed by atoms with Crippen LogP contribution in [0.3, 0.4) is 0 Å². The summed E-state index contributed by atoms with van der Waals surface area (Å²) in [6, 6.07) is 3.82. The Hall–Kier alpha value is -2.78. The van der Waals surface area contributed by atoms with Crippen LogP contribution in [0, 0.1) is 11.8 Å². The third-order valence-electron chi connectivity index (χ3n) is 2.60. The summed E-state index contributed by atoms with van der Waals surface area (Å²) < 4.78 is 0. The van der Waals surface area contributed by atoms with E-state index in [2.05, 4.69) is 37.1 Å². The number of rotatable bonds is 2. The van der Waals surface area contributed by atoms with E-state index in [4.69, 9.17) is 0 Å². The van der Waals surface area contributed by atoms with Gasteiger partial charge >= 0.3 is 0 Å². The van der Waals surface area contributed by atoms with Gasteiger partial charge < -0.3 is 5.32 Å². The largest absolute Gasteiger partial charge is 0.372 e. The fraction of sp³-hybridized carbons (Fsp3) is 0.0667. The summed E-state index contributed by atoms with van der Waals surface area (Å²) in [5.74, 6) is 6.57. The fourth-order valence-electron chi connectivity index (χ4n) is 1.61. The van der Waals surface area contributed by atoms with Crippen molar-refractivity contribution in [1.29, 1.82) is 0 Å².